The molecule has 0 unspecified atom stereocenters. The van der Waals surface area contributed by atoms with Crippen LogP contribution in [0.1, 0.15) is 32.1 Å². The highest BCUT2D eigenvalue weighted by Crippen LogP contribution is 2.24. The van der Waals surface area contributed by atoms with Gasteiger partial charge in [0, 0.05) is 10.3 Å². The van der Waals surface area contributed by atoms with Gasteiger partial charge in [0.1, 0.15) is 0 Å². The summed E-state index contributed by atoms with van der Waals surface area (Å²) in [5, 5.41) is 3.74. The molecule has 0 N–H and O–H groups in total. The van der Waals surface area contributed by atoms with E-state index in [1.807, 2.05) is 0 Å². The van der Waals surface area contributed by atoms with E-state index in [4.69, 9.17) is 17.1 Å². The van der Waals surface area contributed by atoms with Gasteiger partial charge in [0.05, 0.1) is 6.04 Å². The van der Waals surface area contributed by atoms with E-state index in [1.165, 1.54) is 12.8 Å². The van der Waals surface area contributed by atoms with E-state index in [0.717, 1.165) is 19.3 Å². The SMILES string of the molecule is [N-]=[N+]=N[C@@H]1CCCCC[C@H]1Cl. The third-order valence-electron chi connectivity index (χ3n) is 2.10. The second kappa shape index (κ2) is 4.47. The summed E-state index contributed by atoms with van der Waals surface area (Å²) in [7, 11) is 0. The average Bonchev–Trinajstić information content (AvgIpc) is 2.18. The summed E-state index contributed by atoms with van der Waals surface area (Å²) >= 11 is 6.00. The first-order valence-electron chi connectivity index (χ1n) is 4.03. The largest absolute Gasteiger partial charge is 0.123 e. The maximum absolute atomic E-state index is 8.23. The fourth-order valence-electron chi connectivity index (χ4n) is 1.44. The van der Waals surface area contributed by atoms with Gasteiger partial charge in [-0.1, -0.05) is 24.4 Å². The van der Waals surface area contributed by atoms with Crippen molar-refractivity contribution in [3.63, 3.8) is 0 Å². The minimum absolute atomic E-state index is 0.0316. The van der Waals surface area contributed by atoms with Gasteiger partial charge < -0.3 is 0 Å². The first-order chi connectivity index (χ1) is 5.34. The number of hydrogen-bond acceptors (Lipinski definition) is 1. The van der Waals surface area contributed by atoms with Crippen molar-refractivity contribution in [3.8, 4) is 0 Å². The zero-order chi connectivity index (χ0) is 8.10. The van der Waals surface area contributed by atoms with Crippen LogP contribution in [-0.2, 0) is 0 Å². The van der Waals surface area contributed by atoms with Crippen LogP contribution in [0.3, 0.4) is 0 Å². The van der Waals surface area contributed by atoms with Crippen LogP contribution in [0.4, 0.5) is 0 Å². The van der Waals surface area contributed by atoms with Crippen molar-refractivity contribution < 1.29 is 0 Å². The normalized spacial score (nSPS) is 32.1. The number of halogens is 1. The number of hydrogen-bond donors (Lipinski definition) is 0. The summed E-state index contributed by atoms with van der Waals surface area (Å²) in [5.41, 5.74) is 8.23. The molecule has 1 aliphatic carbocycles. The first-order valence-corrected chi connectivity index (χ1v) is 4.46. The van der Waals surface area contributed by atoms with Gasteiger partial charge in [-0.25, -0.2) is 0 Å². The fraction of sp³-hybridized carbons (Fsp3) is 1.00. The molecule has 0 radical (unpaired) electrons. The van der Waals surface area contributed by atoms with Crippen molar-refractivity contribution >= 4 is 11.6 Å². The molecule has 0 spiro atoms. The van der Waals surface area contributed by atoms with Crippen LogP contribution in [0.5, 0.6) is 0 Å². The molecule has 1 saturated carbocycles. The van der Waals surface area contributed by atoms with Gasteiger partial charge in [-0.15, -0.1) is 11.6 Å². The topological polar surface area (TPSA) is 48.8 Å². The highest BCUT2D eigenvalue weighted by atomic mass is 35.5. The molecule has 4 heteroatoms. The van der Waals surface area contributed by atoms with E-state index in [2.05, 4.69) is 10.0 Å². The Bertz CT molecular complexity index is 165. The van der Waals surface area contributed by atoms with Gasteiger partial charge in [0.25, 0.3) is 0 Å². The summed E-state index contributed by atoms with van der Waals surface area (Å²) in [6.07, 6.45) is 5.49. The smallest absolute Gasteiger partial charge is 0.0537 e. The van der Waals surface area contributed by atoms with Crippen LogP contribution < -0.4 is 0 Å². The van der Waals surface area contributed by atoms with Gasteiger partial charge >= 0.3 is 0 Å². The quantitative estimate of drug-likeness (QED) is 0.192. The van der Waals surface area contributed by atoms with Crippen molar-refractivity contribution in [1.82, 2.24) is 0 Å². The van der Waals surface area contributed by atoms with Crippen LogP contribution in [0.15, 0.2) is 5.11 Å². The van der Waals surface area contributed by atoms with E-state index in [9.17, 15) is 0 Å². The zero-order valence-electron chi connectivity index (χ0n) is 6.41. The second-order valence-corrected chi connectivity index (χ2v) is 3.49. The van der Waals surface area contributed by atoms with E-state index in [-0.39, 0.29) is 11.4 Å². The molecular formula is C7H12ClN3. The Morgan fingerprint density at radius 2 is 2.00 bits per heavy atom. The summed E-state index contributed by atoms with van der Waals surface area (Å²) in [5.74, 6) is 0. The number of rotatable bonds is 1. The molecule has 1 rings (SSSR count). The lowest BCUT2D eigenvalue weighted by Crippen LogP contribution is -2.15. The number of nitrogens with zero attached hydrogens (tertiary/aromatic N) is 3. The maximum atomic E-state index is 8.23. The highest BCUT2D eigenvalue weighted by Gasteiger charge is 2.19. The average molecular weight is 174 g/mol. The van der Waals surface area contributed by atoms with Crippen molar-refractivity contribution in [1.29, 1.82) is 0 Å². The zero-order valence-corrected chi connectivity index (χ0v) is 7.17. The van der Waals surface area contributed by atoms with Crippen LogP contribution in [0.25, 0.3) is 10.4 Å². The van der Waals surface area contributed by atoms with E-state index in [0.29, 0.717) is 0 Å². The number of azide groups is 1. The van der Waals surface area contributed by atoms with Crippen LogP contribution >= 0.6 is 11.6 Å². The molecule has 0 aromatic heterocycles. The van der Waals surface area contributed by atoms with E-state index < -0.39 is 0 Å². The Kier molecular flexibility index (Phi) is 3.53. The standard InChI is InChI=1S/C7H12ClN3/c8-6-4-2-1-3-5-7(6)10-11-9/h6-7H,1-5H2/t6-,7-/m1/s1. The molecular weight excluding hydrogens is 162 g/mol. The van der Waals surface area contributed by atoms with Gasteiger partial charge in [0.15, 0.2) is 0 Å². The lowest BCUT2D eigenvalue weighted by molar-refractivity contribution is 0.587. The molecule has 2 atom stereocenters. The Labute approximate surface area is 71.4 Å². The highest BCUT2D eigenvalue weighted by molar-refractivity contribution is 6.21. The Balaban J connectivity index is 2.51. The third kappa shape index (κ3) is 2.60. The van der Waals surface area contributed by atoms with Gasteiger partial charge in [-0.05, 0) is 18.4 Å². The molecule has 3 nitrogen and oxygen atoms in total. The molecule has 62 valence electrons. The molecule has 0 bridgehead atoms. The van der Waals surface area contributed by atoms with Crippen LogP contribution in [0, 0.1) is 0 Å². The monoisotopic (exact) mass is 173 g/mol. The maximum Gasteiger partial charge on any atom is 0.0537 e. The second-order valence-electron chi connectivity index (χ2n) is 2.93. The summed E-state index contributed by atoms with van der Waals surface area (Å²) < 4.78 is 0. The summed E-state index contributed by atoms with van der Waals surface area (Å²) in [6, 6.07) is 0.0316. The summed E-state index contributed by atoms with van der Waals surface area (Å²) in [4.78, 5) is 2.79. The predicted molar refractivity (Wildman–Crippen MR) is 45.7 cm³/mol. The first kappa shape index (κ1) is 8.69. The third-order valence-corrected chi connectivity index (χ3v) is 2.61. The van der Waals surface area contributed by atoms with Gasteiger partial charge in [0.2, 0.25) is 0 Å². The number of alkyl halides is 1. The van der Waals surface area contributed by atoms with Crippen molar-refractivity contribution in [2.45, 2.75) is 43.5 Å². The molecule has 0 heterocycles. The molecule has 1 fully saturated rings. The summed E-state index contributed by atoms with van der Waals surface area (Å²) in [6.45, 7) is 0. The minimum atomic E-state index is 0.0316. The Morgan fingerprint density at radius 3 is 2.73 bits per heavy atom. The lowest BCUT2D eigenvalue weighted by Gasteiger charge is -2.11. The molecule has 0 saturated heterocycles. The molecule has 0 aromatic rings. The molecule has 0 aliphatic heterocycles. The van der Waals surface area contributed by atoms with Crippen molar-refractivity contribution in [2.24, 2.45) is 5.11 Å². The minimum Gasteiger partial charge on any atom is -0.123 e. The molecule has 0 amide bonds. The predicted octanol–water partition coefficient (Wildman–Crippen LogP) is 3.24. The van der Waals surface area contributed by atoms with Crippen molar-refractivity contribution in [3.05, 3.63) is 10.4 Å². The van der Waals surface area contributed by atoms with Crippen molar-refractivity contribution in [2.75, 3.05) is 0 Å². The molecule has 11 heavy (non-hydrogen) atoms. The van der Waals surface area contributed by atoms with E-state index >= 15 is 0 Å². The molecule has 1 aliphatic rings. The van der Waals surface area contributed by atoms with Gasteiger partial charge in [-0.3, -0.25) is 0 Å². The Morgan fingerprint density at radius 1 is 1.27 bits per heavy atom. The lowest BCUT2D eigenvalue weighted by atomic mass is 10.1. The molecule has 0 aromatic carbocycles. The Hall–Kier alpha value is -0.400. The van der Waals surface area contributed by atoms with Crippen LogP contribution in [0.2, 0.25) is 0 Å². The van der Waals surface area contributed by atoms with Gasteiger partial charge in [-0.2, -0.15) is 0 Å². The van der Waals surface area contributed by atoms with E-state index in [1.54, 1.807) is 0 Å². The fourth-order valence-corrected chi connectivity index (χ4v) is 1.77. The van der Waals surface area contributed by atoms with Crippen LogP contribution in [-0.4, -0.2) is 11.4 Å².